The topological polar surface area (TPSA) is 48.9 Å². The lowest BCUT2D eigenvalue weighted by atomic mass is 9.93. The Balaban J connectivity index is 2.03. The Kier molecular flexibility index (Phi) is 3.61. The summed E-state index contributed by atoms with van der Waals surface area (Å²) in [5.41, 5.74) is -1.02. The maximum Gasteiger partial charge on any atom is 0.421 e. The molecule has 3 rings (SSSR count). The fraction of sp³-hybridized carbons (Fsp3) is 0.188. The number of hydrogen-bond donors (Lipinski definition) is 2. The molecule has 7 heteroatoms. The molecule has 0 aliphatic heterocycles. The SMILES string of the molecule is CC(O)(c1ccc(-c2cc3cn[nH]c3cc2Cl)cc1)C(F)(F)F. The molecule has 2 N–H and O–H groups in total. The number of halogens is 4. The molecule has 0 bridgehead atoms. The average molecular weight is 341 g/mol. The molecule has 120 valence electrons. The molecule has 0 aliphatic rings. The van der Waals surface area contributed by atoms with Crippen molar-refractivity contribution in [1.29, 1.82) is 0 Å². The minimum atomic E-state index is -4.75. The van der Waals surface area contributed by atoms with Gasteiger partial charge in [-0.05, 0) is 30.2 Å². The van der Waals surface area contributed by atoms with Crippen molar-refractivity contribution in [2.45, 2.75) is 18.7 Å². The van der Waals surface area contributed by atoms with Gasteiger partial charge >= 0.3 is 6.18 Å². The highest BCUT2D eigenvalue weighted by Crippen LogP contribution is 2.39. The van der Waals surface area contributed by atoms with Crippen LogP contribution in [0.2, 0.25) is 5.02 Å². The molecule has 0 amide bonds. The van der Waals surface area contributed by atoms with E-state index in [1.807, 2.05) is 0 Å². The Morgan fingerprint density at radius 1 is 1.13 bits per heavy atom. The van der Waals surface area contributed by atoms with Crippen LogP contribution < -0.4 is 0 Å². The van der Waals surface area contributed by atoms with Gasteiger partial charge in [0.25, 0.3) is 0 Å². The summed E-state index contributed by atoms with van der Waals surface area (Å²) in [6.45, 7) is 0.729. The molecule has 1 aromatic heterocycles. The van der Waals surface area contributed by atoms with Crippen molar-refractivity contribution >= 4 is 22.5 Å². The second-order valence-electron chi connectivity index (χ2n) is 5.44. The van der Waals surface area contributed by atoms with E-state index in [2.05, 4.69) is 10.2 Å². The first-order chi connectivity index (χ1) is 10.7. The molecule has 0 aliphatic carbocycles. The fourth-order valence-corrected chi connectivity index (χ4v) is 2.60. The van der Waals surface area contributed by atoms with Crippen LogP contribution in [0.25, 0.3) is 22.0 Å². The molecule has 1 atom stereocenters. The number of alkyl halides is 3. The Hall–Kier alpha value is -2.05. The number of aliphatic hydroxyl groups is 1. The van der Waals surface area contributed by atoms with Gasteiger partial charge in [-0.2, -0.15) is 18.3 Å². The average Bonchev–Trinajstić information content (AvgIpc) is 2.92. The normalized spacial score (nSPS) is 14.9. The van der Waals surface area contributed by atoms with E-state index in [0.717, 1.165) is 17.8 Å². The number of benzene rings is 2. The standard InChI is InChI=1S/C16H12ClF3N2O/c1-15(23,16(18,19)20)11-4-2-9(3-5-11)12-6-10-8-21-22-14(10)7-13(12)17/h2-8,23H,1H3,(H,21,22). The monoisotopic (exact) mass is 340 g/mol. The van der Waals surface area contributed by atoms with Gasteiger partial charge in [-0.3, -0.25) is 5.10 Å². The van der Waals surface area contributed by atoms with Gasteiger partial charge in [0.15, 0.2) is 5.60 Å². The zero-order chi connectivity index (χ0) is 16.8. The van der Waals surface area contributed by atoms with E-state index in [4.69, 9.17) is 11.6 Å². The van der Waals surface area contributed by atoms with Crippen molar-refractivity contribution in [3.8, 4) is 11.1 Å². The maximum absolute atomic E-state index is 12.9. The highest BCUT2D eigenvalue weighted by Gasteiger charge is 2.51. The number of aromatic nitrogens is 2. The van der Waals surface area contributed by atoms with Crippen molar-refractivity contribution in [3.05, 3.63) is 53.2 Å². The summed E-state index contributed by atoms with van der Waals surface area (Å²) < 4.78 is 38.6. The highest BCUT2D eigenvalue weighted by atomic mass is 35.5. The highest BCUT2D eigenvalue weighted by molar-refractivity contribution is 6.34. The molecule has 0 spiro atoms. The molecular weight excluding hydrogens is 329 g/mol. The smallest absolute Gasteiger partial charge is 0.376 e. The van der Waals surface area contributed by atoms with Crippen molar-refractivity contribution < 1.29 is 18.3 Å². The van der Waals surface area contributed by atoms with Crippen molar-refractivity contribution in [3.63, 3.8) is 0 Å². The quantitative estimate of drug-likeness (QED) is 0.713. The molecule has 3 aromatic rings. The van der Waals surface area contributed by atoms with E-state index in [1.54, 1.807) is 18.3 Å². The lowest BCUT2D eigenvalue weighted by Crippen LogP contribution is -2.39. The van der Waals surface area contributed by atoms with Crippen LogP contribution in [0.3, 0.4) is 0 Å². The molecule has 2 aromatic carbocycles. The summed E-state index contributed by atoms with van der Waals surface area (Å²) in [7, 11) is 0. The van der Waals surface area contributed by atoms with Gasteiger partial charge in [-0.15, -0.1) is 0 Å². The Labute approximate surface area is 134 Å². The predicted octanol–water partition coefficient (Wildman–Crippen LogP) is 4.65. The number of nitrogens with one attached hydrogen (secondary N) is 1. The van der Waals surface area contributed by atoms with Gasteiger partial charge in [-0.25, -0.2) is 0 Å². The Bertz CT molecular complexity index is 854. The molecule has 3 nitrogen and oxygen atoms in total. The summed E-state index contributed by atoms with van der Waals surface area (Å²) in [4.78, 5) is 0. The third kappa shape index (κ3) is 2.68. The van der Waals surface area contributed by atoms with E-state index in [-0.39, 0.29) is 5.56 Å². The third-order valence-corrected chi connectivity index (χ3v) is 4.15. The van der Waals surface area contributed by atoms with E-state index in [1.165, 1.54) is 24.3 Å². The summed E-state index contributed by atoms with van der Waals surface area (Å²) in [6.07, 6.45) is -3.11. The van der Waals surface area contributed by atoms with Gasteiger partial charge in [0, 0.05) is 10.9 Å². The van der Waals surface area contributed by atoms with Crippen LogP contribution in [0.4, 0.5) is 13.2 Å². The third-order valence-electron chi connectivity index (χ3n) is 3.84. The van der Waals surface area contributed by atoms with E-state index < -0.39 is 11.8 Å². The summed E-state index contributed by atoms with van der Waals surface area (Å²) in [6, 6.07) is 9.01. The van der Waals surface area contributed by atoms with E-state index in [0.29, 0.717) is 16.1 Å². The summed E-state index contributed by atoms with van der Waals surface area (Å²) >= 11 is 6.22. The molecule has 0 fully saturated rings. The van der Waals surface area contributed by atoms with Crippen LogP contribution in [-0.4, -0.2) is 21.5 Å². The van der Waals surface area contributed by atoms with Gasteiger partial charge in [-0.1, -0.05) is 35.9 Å². The number of hydrogen-bond acceptors (Lipinski definition) is 2. The Morgan fingerprint density at radius 3 is 2.39 bits per heavy atom. The van der Waals surface area contributed by atoms with Crippen molar-refractivity contribution in [1.82, 2.24) is 10.2 Å². The van der Waals surface area contributed by atoms with Crippen LogP contribution >= 0.6 is 11.6 Å². The predicted molar refractivity (Wildman–Crippen MR) is 82.2 cm³/mol. The zero-order valence-electron chi connectivity index (χ0n) is 11.9. The lowest BCUT2D eigenvalue weighted by molar-refractivity contribution is -0.258. The first-order valence-electron chi connectivity index (χ1n) is 6.73. The molecular formula is C16H12ClF3N2O. The van der Waals surface area contributed by atoms with Crippen molar-refractivity contribution in [2.75, 3.05) is 0 Å². The number of nitrogens with zero attached hydrogens (tertiary/aromatic N) is 1. The molecule has 23 heavy (non-hydrogen) atoms. The second-order valence-corrected chi connectivity index (χ2v) is 5.84. The molecule has 0 saturated heterocycles. The number of aromatic amines is 1. The van der Waals surface area contributed by atoms with Gasteiger partial charge in [0.1, 0.15) is 0 Å². The second kappa shape index (κ2) is 5.25. The largest absolute Gasteiger partial charge is 0.421 e. The summed E-state index contributed by atoms with van der Waals surface area (Å²) in [5, 5.41) is 17.7. The van der Waals surface area contributed by atoms with E-state index in [9.17, 15) is 18.3 Å². The van der Waals surface area contributed by atoms with Gasteiger partial charge < -0.3 is 5.11 Å². The minimum Gasteiger partial charge on any atom is -0.376 e. The molecule has 0 saturated carbocycles. The first-order valence-corrected chi connectivity index (χ1v) is 7.10. The zero-order valence-corrected chi connectivity index (χ0v) is 12.7. The minimum absolute atomic E-state index is 0.228. The number of H-pyrrole nitrogens is 1. The molecule has 0 radical (unpaired) electrons. The van der Waals surface area contributed by atoms with Crippen LogP contribution in [0.1, 0.15) is 12.5 Å². The number of fused-ring (bicyclic) bond motifs is 1. The molecule has 1 unspecified atom stereocenters. The van der Waals surface area contributed by atoms with Crippen LogP contribution in [0.5, 0.6) is 0 Å². The van der Waals surface area contributed by atoms with Crippen molar-refractivity contribution in [2.24, 2.45) is 0 Å². The fourth-order valence-electron chi connectivity index (χ4n) is 2.32. The molecule has 1 heterocycles. The van der Waals surface area contributed by atoms with Gasteiger partial charge in [0.05, 0.1) is 16.7 Å². The first kappa shape index (κ1) is 15.8. The lowest BCUT2D eigenvalue weighted by Gasteiger charge is -2.26. The van der Waals surface area contributed by atoms with Gasteiger partial charge in [0.2, 0.25) is 0 Å². The van der Waals surface area contributed by atoms with Crippen LogP contribution in [-0.2, 0) is 5.60 Å². The van der Waals surface area contributed by atoms with E-state index >= 15 is 0 Å². The van der Waals surface area contributed by atoms with Crippen LogP contribution in [0.15, 0.2) is 42.6 Å². The number of rotatable bonds is 2. The Morgan fingerprint density at radius 2 is 1.78 bits per heavy atom. The summed E-state index contributed by atoms with van der Waals surface area (Å²) in [5.74, 6) is 0. The maximum atomic E-state index is 12.9. The van der Waals surface area contributed by atoms with Crippen LogP contribution in [0, 0.1) is 0 Å².